The van der Waals surface area contributed by atoms with Crippen molar-refractivity contribution >= 4 is 23.5 Å². The molecule has 2 aromatic rings. The van der Waals surface area contributed by atoms with Gasteiger partial charge in [0.1, 0.15) is 23.3 Å². The van der Waals surface area contributed by atoms with Gasteiger partial charge in [-0.3, -0.25) is 4.99 Å². The summed E-state index contributed by atoms with van der Waals surface area (Å²) in [6.07, 6.45) is 7.96. The number of rotatable bonds is 5. The van der Waals surface area contributed by atoms with Gasteiger partial charge in [0.25, 0.3) is 0 Å². The Morgan fingerprint density at radius 2 is 2.09 bits per heavy atom. The van der Waals surface area contributed by atoms with E-state index in [1.54, 1.807) is 6.08 Å². The van der Waals surface area contributed by atoms with Crippen molar-refractivity contribution < 1.29 is 13.5 Å². The fourth-order valence-electron chi connectivity index (χ4n) is 4.53. The van der Waals surface area contributed by atoms with Gasteiger partial charge in [-0.15, -0.1) is 0 Å². The van der Waals surface area contributed by atoms with Gasteiger partial charge in [-0.1, -0.05) is 23.8 Å². The predicted molar refractivity (Wildman–Crippen MR) is 134 cm³/mol. The largest absolute Gasteiger partial charge is 0.421 e. The quantitative estimate of drug-likeness (QED) is 0.653. The molecule has 35 heavy (non-hydrogen) atoms. The minimum Gasteiger partial charge on any atom is -0.421 e. The number of hydrogen-bond acceptors (Lipinski definition) is 7. The lowest BCUT2D eigenvalue weighted by Gasteiger charge is -2.32. The van der Waals surface area contributed by atoms with Crippen molar-refractivity contribution in [3.05, 3.63) is 64.3 Å². The van der Waals surface area contributed by atoms with E-state index in [1.165, 1.54) is 0 Å². The molecule has 2 aliphatic heterocycles. The number of nitrogens with one attached hydrogen (secondary N) is 2. The average Bonchev–Trinajstić information content (AvgIpc) is 3.44. The summed E-state index contributed by atoms with van der Waals surface area (Å²) in [6, 6.07) is 3.11. The van der Waals surface area contributed by atoms with Gasteiger partial charge in [-0.2, -0.15) is 9.97 Å². The second kappa shape index (κ2) is 9.58. The number of aromatic nitrogens is 2. The van der Waals surface area contributed by atoms with Crippen LogP contribution in [0.15, 0.2) is 46.5 Å². The van der Waals surface area contributed by atoms with E-state index < -0.39 is 11.6 Å². The van der Waals surface area contributed by atoms with Gasteiger partial charge in [0.15, 0.2) is 11.6 Å². The fourth-order valence-corrected chi connectivity index (χ4v) is 4.53. The van der Waals surface area contributed by atoms with Gasteiger partial charge < -0.3 is 20.3 Å². The maximum atomic E-state index is 15.2. The lowest BCUT2D eigenvalue weighted by molar-refractivity contribution is 0.404. The maximum absolute atomic E-state index is 15.2. The van der Waals surface area contributed by atoms with Gasteiger partial charge >= 0.3 is 6.01 Å². The maximum Gasteiger partial charge on any atom is 0.326 e. The summed E-state index contributed by atoms with van der Waals surface area (Å²) in [5, 5.41) is 6.61. The highest BCUT2D eigenvalue weighted by Crippen LogP contribution is 2.36. The Morgan fingerprint density at radius 1 is 1.23 bits per heavy atom. The number of nitrogens with zero attached hydrogens (tertiary/aromatic N) is 4. The molecular weight excluding hydrogens is 450 g/mol. The number of anilines is 2. The Balaban J connectivity index is 1.48. The van der Waals surface area contributed by atoms with Crippen molar-refractivity contribution in [3.63, 3.8) is 0 Å². The second-order valence-electron chi connectivity index (χ2n) is 9.07. The van der Waals surface area contributed by atoms with Crippen LogP contribution in [0.2, 0.25) is 0 Å². The molecule has 1 atom stereocenters. The lowest BCUT2D eigenvalue weighted by Crippen LogP contribution is -2.49. The molecule has 1 unspecified atom stereocenters. The molecule has 0 spiro atoms. The van der Waals surface area contributed by atoms with E-state index in [1.807, 2.05) is 38.1 Å². The zero-order valence-electron chi connectivity index (χ0n) is 20.0. The monoisotopic (exact) mass is 478 g/mol. The number of halogens is 2. The number of hydrogen-bond donors (Lipinski definition) is 2. The minimum atomic E-state index is -0.614. The number of ether oxygens (including phenoxy) is 1. The first kappa shape index (κ1) is 23.2. The van der Waals surface area contributed by atoms with Gasteiger partial charge in [0.2, 0.25) is 0 Å². The van der Waals surface area contributed by atoms with Crippen LogP contribution < -0.4 is 20.3 Å². The molecular formula is C26H28F2N6O. The van der Waals surface area contributed by atoms with Crippen molar-refractivity contribution in [2.24, 2.45) is 4.99 Å². The van der Waals surface area contributed by atoms with Gasteiger partial charge in [-0.05, 0) is 38.8 Å². The van der Waals surface area contributed by atoms with E-state index in [0.29, 0.717) is 36.0 Å². The molecule has 0 saturated carbocycles. The molecule has 1 fully saturated rings. The first-order valence-electron chi connectivity index (χ1n) is 11.8. The van der Waals surface area contributed by atoms with E-state index in [-0.39, 0.29) is 23.4 Å². The number of fused-ring (bicyclic) bond motifs is 1. The van der Waals surface area contributed by atoms with Gasteiger partial charge in [-0.25, -0.2) is 8.78 Å². The number of aliphatic imine (C=N–C) groups is 1. The third-order valence-corrected chi connectivity index (χ3v) is 6.15. The van der Waals surface area contributed by atoms with Crippen molar-refractivity contribution in [3.8, 4) is 11.8 Å². The van der Waals surface area contributed by atoms with Crippen molar-refractivity contribution in [2.45, 2.75) is 33.2 Å². The van der Waals surface area contributed by atoms with Crippen molar-refractivity contribution in [1.82, 2.24) is 15.3 Å². The van der Waals surface area contributed by atoms with Crippen LogP contribution in [0.4, 0.5) is 20.4 Å². The topological polar surface area (TPSA) is 74.7 Å². The molecule has 0 radical (unpaired) electrons. The Bertz CT molecular complexity index is 1280. The highest BCUT2D eigenvalue weighted by atomic mass is 19.1. The van der Waals surface area contributed by atoms with Crippen LogP contribution in [0.25, 0.3) is 6.08 Å². The molecule has 0 amide bonds. The average molecular weight is 479 g/mol. The highest BCUT2D eigenvalue weighted by Gasteiger charge is 2.24. The van der Waals surface area contributed by atoms with E-state index in [2.05, 4.69) is 37.4 Å². The summed E-state index contributed by atoms with van der Waals surface area (Å²) in [7, 11) is 0. The lowest BCUT2D eigenvalue weighted by atomic mass is 10.1. The van der Waals surface area contributed by atoms with Crippen LogP contribution >= 0.6 is 0 Å². The summed E-state index contributed by atoms with van der Waals surface area (Å²) in [6.45, 7) is 8.79. The molecule has 1 aliphatic carbocycles. The van der Waals surface area contributed by atoms with Crippen LogP contribution in [-0.2, 0) is 6.42 Å². The summed E-state index contributed by atoms with van der Waals surface area (Å²) < 4.78 is 35.7. The van der Waals surface area contributed by atoms with Crippen molar-refractivity contribution in [2.75, 3.05) is 36.4 Å². The summed E-state index contributed by atoms with van der Waals surface area (Å²) in [4.78, 5) is 15.6. The Hall–Kier alpha value is -3.59. The first-order valence-corrected chi connectivity index (χ1v) is 11.8. The number of piperazine rings is 1. The van der Waals surface area contributed by atoms with E-state index in [4.69, 9.17) is 4.74 Å². The van der Waals surface area contributed by atoms with Crippen LogP contribution in [0.3, 0.4) is 0 Å². The van der Waals surface area contributed by atoms with Gasteiger partial charge in [0.05, 0.1) is 6.54 Å². The molecule has 5 rings (SSSR count). The predicted octanol–water partition coefficient (Wildman–Crippen LogP) is 4.63. The molecule has 182 valence electrons. The van der Waals surface area contributed by atoms with E-state index >= 15 is 4.39 Å². The molecule has 3 heterocycles. The minimum absolute atomic E-state index is 0.0654. The Morgan fingerprint density at radius 3 is 2.89 bits per heavy atom. The zero-order valence-corrected chi connectivity index (χ0v) is 20.0. The molecule has 1 aromatic heterocycles. The number of benzene rings is 1. The standard InChI is InChI=1S/C26H28F2N6O/c1-4-5-17-10-22(30-13-17)31-23-12-24(34-7-6-29-16(3)14-34)33-26(32-23)35-21-11-20(27)18-8-15(2)9-19(18)25(21)28/h4-5,9-12,16,29H,6-8,13-14H2,1-3H3,(H,30,31,32,33)/b5-4+. The molecule has 2 N–H and O–H groups in total. The smallest absolute Gasteiger partial charge is 0.326 e. The van der Waals surface area contributed by atoms with E-state index in [0.717, 1.165) is 36.8 Å². The third-order valence-electron chi connectivity index (χ3n) is 6.15. The summed E-state index contributed by atoms with van der Waals surface area (Å²) in [5.74, 6) is 0.411. The molecule has 7 nitrogen and oxygen atoms in total. The number of amidine groups is 1. The molecule has 3 aliphatic rings. The zero-order chi connectivity index (χ0) is 24.5. The molecule has 9 heteroatoms. The summed E-state index contributed by atoms with van der Waals surface area (Å²) >= 11 is 0. The Kier molecular flexibility index (Phi) is 6.34. The summed E-state index contributed by atoms with van der Waals surface area (Å²) in [5.41, 5.74) is 2.55. The SMILES string of the molecule is C/C=C/C1=CC(Nc2cc(N3CCNC(C)C3)nc(Oc3cc(F)c4c(c3F)C=C(C)C4)n2)=NC1. The first-order chi connectivity index (χ1) is 16.9. The normalized spacial score (nSPS) is 19.5. The number of allylic oxidation sites excluding steroid dienone is 2. The highest BCUT2D eigenvalue weighted by molar-refractivity contribution is 6.05. The van der Waals surface area contributed by atoms with Crippen LogP contribution in [0.5, 0.6) is 11.8 Å². The molecule has 1 saturated heterocycles. The van der Waals surface area contributed by atoms with Crippen LogP contribution in [-0.4, -0.2) is 48.0 Å². The van der Waals surface area contributed by atoms with Crippen molar-refractivity contribution in [1.29, 1.82) is 0 Å². The van der Waals surface area contributed by atoms with Crippen LogP contribution in [0, 0.1) is 11.6 Å². The second-order valence-corrected chi connectivity index (χ2v) is 9.07. The molecule has 0 bridgehead atoms. The van der Waals surface area contributed by atoms with Crippen LogP contribution in [0.1, 0.15) is 31.9 Å². The third kappa shape index (κ3) is 4.95. The fraction of sp³-hybridized carbons (Fsp3) is 0.346. The molecule has 1 aromatic carbocycles. The Labute approximate surface area is 203 Å². The van der Waals surface area contributed by atoms with E-state index in [9.17, 15) is 4.39 Å². The van der Waals surface area contributed by atoms with Gasteiger partial charge in [0, 0.05) is 48.9 Å².